The number of hydrogen-bond donors (Lipinski definition) is 4. The molecule has 3 unspecified atom stereocenters. The Morgan fingerprint density at radius 1 is 1.27 bits per heavy atom. The number of aromatic nitrogens is 3. The minimum Gasteiger partial charge on any atom is -0.458 e. The predicted molar refractivity (Wildman–Crippen MR) is 153 cm³/mol. The van der Waals surface area contributed by atoms with Crippen molar-refractivity contribution < 1.29 is 19.1 Å². The zero-order valence-electron chi connectivity index (χ0n) is 23.7. The number of pyridine rings is 1. The number of nitrogens with one attached hydrogen (secondary N) is 3. The molecule has 1 aromatic carbocycles. The molecule has 0 saturated carbocycles. The Hall–Kier alpha value is -3.70. The number of benzene rings is 1. The Bertz CT molecular complexity index is 1490. The summed E-state index contributed by atoms with van der Waals surface area (Å²) >= 11 is 0. The number of carbonyl (C=O) groups excluding carboxylic acids is 2. The molecule has 5 N–H and O–H groups in total. The monoisotopic (exact) mass is 550 g/mol. The summed E-state index contributed by atoms with van der Waals surface area (Å²) in [5, 5.41) is 11.4. The van der Waals surface area contributed by atoms with Crippen LogP contribution in [0.25, 0.3) is 10.9 Å². The Labute approximate surface area is 232 Å². The maximum Gasteiger partial charge on any atom is 0.335 e. The van der Waals surface area contributed by atoms with E-state index in [2.05, 4.69) is 15.6 Å². The number of nitrogens with zero attached hydrogens (tertiary/aromatic N) is 2. The average molecular weight is 551 g/mol. The van der Waals surface area contributed by atoms with Crippen molar-refractivity contribution in [1.29, 1.82) is 0 Å². The topological polar surface area (TPSA) is 153 Å². The van der Waals surface area contributed by atoms with E-state index in [4.69, 9.17) is 20.3 Å². The predicted octanol–water partition coefficient (Wildman–Crippen LogP) is 3.41. The third kappa shape index (κ3) is 5.35. The van der Waals surface area contributed by atoms with Gasteiger partial charge in [-0.2, -0.15) is 5.10 Å². The first-order chi connectivity index (χ1) is 18.9. The van der Waals surface area contributed by atoms with Gasteiger partial charge in [0, 0.05) is 24.1 Å². The molecule has 0 spiro atoms. The van der Waals surface area contributed by atoms with Gasteiger partial charge in [-0.15, -0.1) is 0 Å². The molecule has 4 heterocycles. The number of amides is 1. The van der Waals surface area contributed by atoms with Crippen LogP contribution in [0.3, 0.4) is 0 Å². The second-order valence-electron chi connectivity index (χ2n) is 12.3. The van der Waals surface area contributed by atoms with Crippen LogP contribution in [0.4, 0.5) is 17.2 Å². The van der Waals surface area contributed by atoms with Crippen LogP contribution in [0.2, 0.25) is 0 Å². The largest absolute Gasteiger partial charge is 0.458 e. The highest BCUT2D eigenvalue weighted by atomic mass is 16.6. The van der Waals surface area contributed by atoms with Crippen molar-refractivity contribution in [3.63, 3.8) is 0 Å². The lowest BCUT2D eigenvalue weighted by Crippen LogP contribution is -2.41. The minimum absolute atomic E-state index is 0.0206. The number of hydrogen-bond acceptors (Lipinski definition) is 8. The lowest BCUT2D eigenvalue weighted by molar-refractivity contribution is -0.174. The van der Waals surface area contributed by atoms with Crippen molar-refractivity contribution in [3.05, 3.63) is 46.4 Å². The van der Waals surface area contributed by atoms with Crippen molar-refractivity contribution >= 4 is 40.0 Å². The molecule has 2 aliphatic rings. The molecule has 214 valence electrons. The molecule has 3 atom stereocenters. The van der Waals surface area contributed by atoms with E-state index in [1.807, 2.05) is 63.6 Å². The van der Waals surface area contributed by atoms with Crippen LogP contribution in [0, 0.1) is 11.8 Å². The quantitative estimate of drug-likeness (QED) is 0.327. The number of anilines is 3. The van der Waals surface area contributed by atoms with Gasteiger partial charge in [0.05, 0.1) is 17.5 Å². The normalized spacial score (nSPS) is 21.1. The third-order valence-corrected chi connectivity index (χ3v) is 7.80. The molecule has 11 nitrogen and oxygen atoms in total. The molecule has 2 aliphatic heterocycles. The second kappa shape index (κ2) is 10.4. The van der Waals surface area contributed by atoms with E-state index in [0.29, 0.717) is 48.5 Å². The standard InChI is InChI=1S/C29H38N6O5/c1-28(2,3)40-26(37)22-9-6-16(15-39-22)17(13-30)14-35-21-10-11-31-25(36)23(21)24(34-35)32-18-7-8-19-20(12-18)33-27(38)29(19,4)5/h7-8,10-12,16-17,22H,6,9,13-15,30H2,1-5H3,(H,31,36)(H,32,34)(H,33,38). The summed E-state index contributed by atoms with van der Waals surface area (Å²) in [6, 6.07) is 7.47. The maximum atomic E-state index is 12.9. The summed E-state index contributed by atoms with van der Waals surface area (Å²) in [6.45, 7) is 10.6. The van der Waals surface area contributed by atoms with Gasteiger partial charge in [0.25, 0.3) is 5.56 Å². The molecule has 5 rings (SSSR count). The molecule has 2 aromatic heterocycles. The fourth-order valence-electron chi connectivity index (χ4n) is 5.51. The summed E-state index contributed by atoms with van der Waals surface area (Å²) in [5.74, 6) is 0.180. The molecular weight excluding hydrogens is 512 g/mol. The highest BCUT2D eigenvalue weighted by Crippen LogP contribution is 2.39. The Kier molecular flexibility index (Phi) is 7.22. The fourth-order valence-corrected chi connectivity index (χ4v) is 5.51. The van der Waals surface area contributed by atoms with E-state index in [1.54, 1.807) is 6.20 Å². The van der Waals surface area contributed by atoms with E-state index < -0.39 is 17.1 Å². The van der Waals surface area contributed by atoms with E-state index in [1.165, 1.54) is 0 Å². The summed E-state index contributed by atoms with van der Waals surface area (Å²) in [4.78, 5) is 40.4. The highest BCUT2D eigenvalue weighted by Gasteiger charge is 2.38. The number of carbonyl (C=O) groups is 2. The van der Waals surface area contributed by atoms with Gasteiger partial charge in [0.2, 0.25) is 5.91 Å². The molecule has 1 fully saturated rings. The Balaban J connectivity index is 1.35. The molecule has 40 heavy (non-hydrogen) atoms. The lowest BCUT2D eigenvalue weighted by atomic mass is 9.86. The highest BCUT2D eigenvalue weighted by molar-refractivity contribution is 6.06. The average Bonchev–Trinajstić information content (AvgIpc) is 3.35. The van der Waals surface area contributed by atoms with E-state index in [-0.39, 0.29) is 29.3 Å². The zero-order valence-corrected chi connectivity index (χ0v) is 23.7. The maximum absolute atomic E-state index is 12.9. The van der Waals surface area contributed by atoms with Gasteiger partial charge in [-0.25, -0.2) is 4.79 Å². The smallest absolute Gasteiger partial charge is 0.335 e. The number of rotatable bonds is 7. The third-order valence-electron chi connectivity index (χ3n) is 7.80. The van der Waals surface area contributed by atoms with Crippen molar-refractivity contribution in [2.24, 2.45) is 17.6 Å². The van der Waals surface area contributed by atoms with Gasteiger partial charge in [-0.1, -0.05) is 6.07 Å². The molecule has 0 aliphatic carbocycles. The number of ether oxygens (including phenoxy) is 2. The van der Waals surface area contributed by atoms with Gasteiger partial charge in [0.15, 0.2) is 11.9 Å². The number of H-pyrrole nitrogens is 1. The van der Waals surface area contributed by atoms with Crippen LogP contribution in [0.5, 0.6) is 0 Å². The number of fused-ring (bicyclic) bond motifs is 2. The number of esters is 1. The van der Waals surface area contributed by atoms with Crippen molar-refractivity contribution in [1.82, 2.24) is 14.8 Å². The van der Waals surface area contributed by atoms with Crippen LogP contribution in [0.15, 0.2) is 35.3 Å². The molecule has 1 saturated heterocycles. The van der Waals surface area contributed by atoms with Crippen LogP contribution >= 0.6 is 0 Å². The van der Waals surface area contributed by atoms with Gasteiger partial charge in [0.1, 0.15) is 11.0 Å². The van der Waals surface area contributed by atoms with Crippen LogP contribution in [0.1, 0.15) is 53.0 Å². The van der Waals surface area contributed by atoms with E-state index in [0.717, 1.165) is 17.7 Å². The van der Waals surface area contributed by atoms with Crippen molar-refractivity contribution in [3.8, 4) is 0 Å². The van der Waals surface area contributed by atoms with Gasteiger partial charge in [-0.05, 0) is 89.6 Å². The molecule has 11 heteroatoms. The van der Waals surface area contributed by atoms with Crippen molar-refractivity contribution in [2.45, 2.75) is 71.1 Å². The first kappa shape index (κ1) is 27.9. The lowest BCUT2D eigenvalue weighted by Gasteiger charge is -2.33. The van der Waals surface area contributed by atoms with Gasteiger partial charge < -0.3 is 30.8 Å². The van der Waals surface area contributed by atoms with Gasteiger partial charge in [-0.3, -0.25) is 14.3 Å². The Morgan fingerprint density at radius 3 is 2.73 bits per heavy atom. The summed E-state index contributed by atoms with van der Waals surface area (Å²) < 4.78 is 13.2. The zero-order chi connectivity index (χ0) is 28.8. The van der Waals surface area contributed by atoms with Gasteiger partial charge >= 0.3 is 5.97 Å². The first-order valence-electron chi connectivity index (χ1n) is 13.7. The summed E-state index contributed by atoms with van der Waals surface area (Å²) in [6.07, 6.45) is 2.37. The molecular formula is C29H38N6O5. The second-order valence-corrected chi connectivity index (χ2v) is 12.3. The fraction of sp³-hybridized carbons (Fsp3) is 0.517. The summed E-state index contributed by atoms with van der Waals surface area (Å²) in [5.41, 5.74) is 7.84. The Morgan fingerprint density at radius 2 is 2.05 bits per heavy atom. The van der Waals surface area contributed by atoms with E-state index in [9.17, 15) is 14.4 Å². The molecule has 0 bridgehead atoms. The summed E-state index contributed by atoms with van der Waals surface area (Å²) in [7, 11) is 0. The minimum atomic E-state index is -0.605. The number of nitrogens with two attached hydrogens (primary N) is 1. The van der Waals surface area contributed by atoms with Crippen LogP contribution < -0.4 is 21.9 Å². The number of aromatic amines is 1. The molecule has 1 amide bonds. The molecule has 3 aromatic rings. The molecule has 0 radical (unpaired) electrons. The van der Waals surface area contributed by atoms with Crippen LogP contribution in [-0.4, -0.2) is 51.5 Å². The van der Waals surface area contributed by atoms with E-state index >= 15 is 0 Å². The van der Waals surface area contributed by atoms with Crippen molar-refractivity contribution in [2.75, 3.05) is 23.8 Å². The first-order valence-corrected chi connectivity index (χ1v) is 13.7. The van der Waals surface area contributed by atoms with Crippen LogP contribution in [-0.2, 0) is 31.0 Å². The SMILES string of the molecule is CC(C)(C)OC(=O)C1CCC(C(CN)Cn2nc(Nc3ccc4c(c3)NC(=O)C4(C)C)c3c(=O)[nH]ccc32)CO1.